The highest BCUT2D eigenvalue weighted by molar-refractivity contribution is 7.26. The van der Waals surface area contributed by atoms with Crippen molar-refractivity contribution in [3.05, 3.63) is 22.3 Å². The number of allylic oxidation sites excluding steroid dienone is 4. The maximum Gasteiger partial charge on any atom is 0.559 e. The Morgan fingerprint density at radius 1 is 0.375 bits per heavy atom. The molecule has 0 aliphatic rings. The quantitative estimate of drug-likeness (QED) is 0.150. The molecule has 0 aromatic heterocycles. The molecule has 0 rings (SSSR count). The fraction of sp³-hybridized carbons (Fsp3) is 0.826. The molecule has 0 amide bonds. The lowest BCUT2D eigenvalue weighted by Crippen LogP contribution is -2.66. The number of hydrogen-bond acceptors (Lipinski definition) is 2. The Labute approximate surface area is 298 Å². The molecule has 56 heavy (non-hydrogen) atoms. The van der Waals surface area contributed by atoms with Crippen LogP contribution < -0.4 is 0 Å². The van der Waals surface area contributed by atoms with Crippen molar-refractivity contribution in [2.75, 3.05) is 27.6 Å². The largest absolute Gasteiger partial charge is 0.559 e. The third kappa shape index (κ3) is 25.9. The van der Waals surface area contributed by atoms with Gasteiger partial charge < -0.3 is 9.05 Å². The first-order chi connectivity index (χ1) is 22.6. The van der Waals surface area contributed by atoms with Gasteiger partial charge in [-0.1, -0.05) is 22.3 Å². The SMILES string of the molecule is C.C.C.CC(CF)=C(C(F)(C(F)(F)F)C(F)(F)F)C(F)(C(F)(F)F)C(F)(F)F.CC(CF)=C(C(F)(F)F)C(F)(F)F.COPOC.FC(F)(F)F.FC(F)(F)F. The Hall–Kier alpha value is -2.27. The summed E-state index contributed by atoms with van der Waals surface area (Å²) in [4.78, 5) is 0. The topological polar surface area (TPSA) is 18.5 Å². The van der Waals surface area contributed by atoms with Crippen LogP contribution in [0, 0.1) is 0 Å². The second-order valence-corrected chi connectivity index (χ2v) is 9.21. The van der Waals surface area contributed by atoms with Gasteiger partial charge in [-0.25, -0.2) is 17.6 Å². The van der Waals surface area contributed by atoms with E-state index >= 15 is 0 Å². The Morgan fingerprint density at radius 3 is 0.607 bits per heavy atom. The van der Waals surface area contributed by atoms with Gasteiger partial charge in [0.05, 0.1) is 0 Å². The van der Waals surface area contributed by atoms with Crippen molar-refractivity contribution in [2.24, 2.45) is 0 Å². The lowest BCUT2D eigenvalue weighted by atomic mass is 9.78. The molecule has 0 radical (unpaired) electrons. The highest BCUT2D eigenvalue weighted by atomic mass is 31.1. The van der Waals surface area contributed by atoms with Gasteiger partial charge in [0.2, 0.25) is 0 Å². The Balaban J connectivity index is -0.000000103. The molecule has 0 atom stereocenters. The molecule has 0 saturated carbocycles. The maximum atomic E-state index is 13.7. The summed E-state index contributed by atoms with van der Waals surface area (Å²) in [6.07, 6.45) is -52.2. The summed E-state index contributed by atoms with van der Waals surface area (Å²) in [5.41, 5.74) is -26.3. The Bertz CT molecular complexity index is 987. The molecule has 0 aliphatic carbocycles. The number of hydrogen-bond donors (Lipinski definition) is 0. The van der Waals surface area contributed by atoms with Crippen LogP contribution >= 0.6 is 9.03 Å². The fourth-order valence-electron chi connectivity index (χ4n) is 2.58. The Kier molecular flexibility index (Phi) is 32.2. The molecule has 0 heterocycles. The lowest BCUT2D eigenvalue weighted by Gasteiger charge is -2.41. The molecule has 0 aromatic rings. The highest BCUT2D eigenvalue weighted by Crippen LogP contribution is 2.61. The van der Waals surface area contributed by atoms with Gasteiger partial charge in [0.15, 0.2) is 9.03 Å². The van der Waals surface area contributed by atoms with Gasteiger partial charge in [0.25, 0.3) is 0 Å². The summed E-state index contributed by atoms with van der Waals surface area (Å²) >= 11 is 0. The standard InChI is InChI=1S/C10H5F15.C6H5F7.C2H7O2P.2CF4.3CH4/c1-3(2-11)4(5(12,7(14,15)16)8(17,18)19)6(13,9(20,21)22)10(23,24)25;1-3(2-7)4(5(8,9)10)6(11,12)13;1-3-5-4-2;2*2-1(3,4)5;;;/h2H2,1H3;2H2,1H3;5H,1-2H3;;;3*1H4. The molecule has 2 nitrogen and oxygen atoms in total. The predicted molar refractivity (Wildman–Crippen MR) is 138 cm³/mol. The summed E-state index contributed by atoms with van der Waals surface area (Å²) in [6.45, 7) is -4.64. The first-order valence-electron chi connectivity index (χ1n) is 11.3. The van der Waals surface area contributed by atoms with Crippen LogP contribution in [-0.4, -0.2) is 88.8 Å². The fourth-order valence-corrected chi connectivity index (χ4v) is 2.74. The van der Waals surface area contributed by atoms with Crippen LogP contribution in [0.4, 0.5) is 132 Å². The minimum absolute atomic E-state index is 0. The van der Waals surface area contributed by atoms with Crippen molar-refractivity contribution in [3.8, 4) is 0 Å². The van der Waals surface area contributed by atoms with Crippen LogP contribution in [0.15, 0.2) is 22.3 Å². The van der Waals surface area contributed by atoms with Crippen LogP contribution in [0.25, 0.3) is 0 Å². The molecule has 0 aromatic carbocycles. The zero-order valence-corrected chi connectivity index (χ0v) is 26.1. The first-order valence-corrected chi connectivity index (χ1v) is 12.1. The smallest absolute Gasteiger partial charge is 0.340 e. The summed E-state index contributed by atoms with van der Waals surface area (Å²) in [7, 11) is 3.40. The Morgan fingerprint density at radius 2 is 0.536 bits per heavy atom. The van der Waals surface area contributed by atoms with Gasteiger partial charge in [-0.15, -0.1) is 35.1 Å². The van der Waals surface area contributed by atoms with Crippen LogP contribution in [0.3, 0.4) is 0 Å². The third-order valence-electron chi connectivity index (χ3n) is 4.24. The van der Waals surface area contributed by atoms with Crippen molar-refractivity contribution >= 4 is 9.03 Å². The van der Waals surface area contributed by atoms with E-state index in [0.717, 1.165) is 0 Å². The molecule has 0 bridgehead atoms. The average molecular weight is 938 g/mol. The van der Waals surface area contributed by atoms with Crippen LogP contribution in [-0.2, 0) is 9.05 Å². The van der Waals surface area contributed by atoms with E-state index in [4.69, 9.17) is 0 Å². The molecule has 0 N–H and O–H groups in total. The molecular formula is C23H29F30O2P. The normalized spacial score (nSPS) is 12.8. The van der Waals surface area contributed by atoms with Gasteiger partial charge in [0, 0.05) is 19.8 Å². The average Bonchev–Trinajstić information content (AvgIpc) is 2.83. The monoisotopic (exact) mass is 938 g/mol. The lowest BCUT2D eigenvalue weighted by molar-refractivity contribution is -0.364. The van der Waals surface area contributed by atoms with E-state index in [1.165, 1.54) is 0 Å². The van der Waals surface area contributed by atoms with Crippen molar-refractivity contribution in [1.29, 1.82) is 0 Å². The zero-order valence-electron chi connectivity index (χ0n) is 25.1. The number of halogens is 30. The minimum atomic E-state index is -7.52. The van der Waals surface area contributed by atoms with Crippen molar-refractivity contribution in [3.63, 3.8) is 0 Å². The van der Waals surface area contributed by atoms with Gasteiger partial charge in [-0.3, -0.25) is 0 Å². The molecular weight excluding hydrogens is 909 g/mol. The van der Waals surface area contributed by atoms with Gasteiger partial charge in [-0.05, 0) is 25.0 Å². The van der Waals surface area contributed by atoms with Crippen molar-refractivity contribution < 1.29 is 141 Å². The first kappa shape index (κ1) is 71.4. The van der Waals surface area contributed by atoms with Crippen molar-refractivity contribution in [2.45, 2.75) is 97.4 Å². The summed E-state index contributed by atoms with van der Waals surface area (Å²) in [5, 5.41) is 0. The highest BCUT2D eigenvalue weighted by Gasteiger charge is 2.86. The molecule has 0 saturated heterocycles. The van der Waals surface area contributed by atoms with E-state index in [1.54, 1.807) is 14.2 Å². The van der Waals surface area contributed by atoms with Crippen molar-refractivity contribution in [1.82, 2.24) is 0 Å². The predicted octanol–water partition coefficient (Wildman–Crippen LogP) is 15.0. The number of alkyl halides is 30. The third-order valence-corrected chi connectivity index (χ3v) is 4.57. The van der Waals surface area contributed by atoms with E-state index in [9.17, 15) is 132 Å². The minimum Gasteiger partial charge on any atom is -0.340 e. The van der Waals surface area contributed by atoms with Gasteiger partial charge in [-0.2, -0.15) is 79.0 Å². The molecule has 0 aliphatic heterocycles. The zero-order chi connectivity index (χ0) is 44.8. The second-order valence-electron chi connectivity index (χ2n) is 8.23. The molecule has 348 valence electrons. The van der Waals surface area contributed by atoms with E-state index in [1.807, 2.05) is 0 Å². The number of rotatable bonds is 6. The van der Waals surface area contributed by atoms with Crippen LogP contribution in [0.5, 0.6) is 0 Å². The van der Waals surface area contributed by atoms with Crippen LogP contribution in [0.2, 0.25) is 0 Å². The van der Waals surface area contributed by atoms with Gasteiger partial charge in [0.1, 0.15) is 18.9 Å². The maximum absolute atomic E-state index is 13.7. The summed E-state index contributed by atoms with van der Waals surface area (Å²) in [5.74, 6) is 0. The molecule has 33 heteroatoms. The van der Waals surface area contributed by atoms with E-state index in [-0.39, 0.29) is 31.3 Å². The van der Waals surface area contributed by atoms with E-state index in [2.05, 4.69) is 9.05 Å². The summed E-state index contributed by atoms with van der Waals surface area (Å²) in [6, 6.07) is 0. The molecule has 0 spiro atoms. The van der Waals surface area contributed by atoms with Crippen LogP contribution in [0.1, 0.15) is 36.1 Å². The summed E-state index contributed by atoms with van der Waals surface area (Å²) < 4.78 is 358. The van der Waals surface area contributed by atoms with E-state index in [0.29, 0.717) is 6.92 Å². The van der Waals surface area contributed by atoms with E-state index < -0.39 is 104 Å². The molecule has 0 unspecified atom stereocenters. The second kappa shape index (κ2) is 25.3. The molecule has 0 fully saturated rings. The van der Waals surface area contributed by atoms with Gasteiger partial charge >= 0.3 is 61.3 Å².